The fraction of sp³-hybridized carbons (Fsp3) is 0.111. The normalized spacial score (nSPS) is 11.4. The molecule has 3 rings (SSSR count). The molecule has 0 saturated heterocycles. The lowest BCUT2D eigenvalue weighted by Crippen LogP contribution is -2.13. The lowest BCUT2D eigenvalue weighted by molar-refractivity contribution is -0.137. The van der Waals surface area contributed by atoms with Crippen LogP contribution < -0.4 is 5.32 Å². The van der Waals surface area contributed by atoms with Gasteiger partial charge in [-0.2, -0.15) is 18.3 Å². The highest BCUT2D eigenvalue weighted by Gasteiger charge is 2.30. The average molecular weight is 380 g/mol. The molecule has 134 valence electrons. The predicted molar refractivity (Wildman–Crippen MR) is 92.7 cm³/mol. The number of nitrogens with zero attached hydrogens (tertiary/aromatic N) is 2. The maximum Gasteiger partial charge on any atom is 0.416 e. The largest absolute Gasteiger partial charge is 0.416 e. The molecule has 0 atom stereocenters. The number of carbonyl (C=O) groups is 1. The minimum Gasteiger partial charge on any atom is -0.322 e. The second-order valence-corrected chi connectivity index (χ2v) is 6.00. The summed E-state index contributed by atoms with van der Waals surface area (Å²) in [6.07, 6.45) is -3.02. The standard InChI is InChI=1S/C18H13ClF3N3O/c1-11-16(10-23-25(11)15-4-2-3-13(19)9-15)17(26)24-14-7-5-12(6-8-14)18(20,21)22/h2-10H,1H3,(H,24,26). The molecule has 3 aromatic rings. The SMILES string of the molecule is Cc1c(C(=O)Nc2ccc(C(F)(F)F)cc2)cnn1-c1cccc(Cl)c1. The van der Waals surface area contributed by atoms with Crippen LogP contribution in [0.5, 0.6) is 0 Å². The van der Waals surface area contributed by atoms with E-state index in [4.69, 9.17) is 11.6 Å². The molecule has 4 nitrogen and oxygen atoms in total. The third-order valence-corrected chi connectivity index (χ3v) is 4.01. The Bertz CT molecular complexity index is 949. The Labute approximate surface area is 152 Å². The molecule has 1 heterocycles. The van der Waals surface area contributed by atoms with Gasteiger partial charge < -0.3 is 5.32 Å². The third kappa shape index (κ3) is 3.72. The van der Waals surface area contributed by atoms with Gasteiger partial charge in [0.15, 0.2) is 0 Å². The van der Waals surface area contributed by atoms with Gasteiger partial charge in [0.25, 0.3) is 5.91 Å². The summed E-state index contributed by atoms with van der Waals surface area (Å²) in [4.78, 5) is 12.4. The minimum atomic E-state index is -4.42. The zero-order valence-electron chi connectivity index (χ0n) is 13.5. The Kier molecular flexibility index (Phi) is 4.73. The van der Waals surface area contributed by atoms with Crippen LogP contribution in [0.25, 0.3) is 5.69 Å². The molecule has 0 aliphatic heterocycles. The summed E-state index contributed by atoms with van der Waals surface area (Å²) in [5.74, 6) is -0.462. The zero-order valence-corrected chi connectivity index (χ0v) is 14.3. The Morgan fingerprint density at radius 2 is 1.85 bits per heavy atom. The van der Waals surface area contributed by atoms with Gasteiger partial charge in [-0.05, 0) is 49.4 Å². The number of carbonyl (C=O) groups excluding carboxylic acids is 1. The highest BCUT2D eigenvalue weighted by molar-refractivity contribution is 6.30. The molecule has 0 aliphatic carbocycles. The van der Waals surface area contributed by atoms with Crippen LogP contribution in [0, 0.1) is 6.92 Å². The molecule has 0 unspecified atom stereocenters. The summed E-state index contributed by atoms with van der Waals surface area (Å²) in [6.45, 7) is 1.72. The molecule has 0 saturated carbocycles. The highest BCUT2D eigenvalue weighted by atomic mass is 35.5. The molecule has 8 heteroatoms. The summed E-state index contributed by atoms with van der Waals surface area (Å²) in [6, 6.07) is 11.2. The number of nitrogens with one attached hydrogen (secondary N) is 1. The van der Waals surface area contributed by atoms with Gasteiger partial charge in [-0.15, -0.1) is 0 Å². The van der Waals surface area contributed by atoms with Crippen LogP contribution in [-0.2, 0) is 6.18 Å². The van der Waals surface area contributed by atoms with Crippen molar-refractivity contribution < 1.29 is 18.0 Å². The molecule has 1 amide bonds. The number of hydrogen-bond acceptors (Lipinski definition) is 2. The molecule has 0 bridgehead atoms. The Morgan fingerprint density at radius 1 is 1.15 bits per heavy atom. The molecule has 0 aliphatic rings. The van der Waals surface area contributed by atoms with Crippen LogP contribution in [0.3, 0.4) is 0 Å². The Balaban J connectivity index is 1.81. The summed E-state index contributed by atoms with van der Waals surface area (Å²) in [7, 11) is 0. The molecule has 2 aromatic carbocycles. The summed E-state index contributed by atoms with van der Waals surface area (Å²) in [5.41, 5.74) is 1.07. The van der Waals surface area contributed by atoms with E-state index in [-0.39, 0.29) is 5.69 Å². The van der Waals surface area contributed by atoms with Crippen LogP contribution in [-0.4, -0.2) is 15.7 Å². The van der Waals surface area contributed by atoms with Crippen LogP contribution in [0.15, 0.2) is 54.7 Å². The van der Waals surface area contributed by atoms with Crippen molar-refractivity contribution >= 4 is 23.2 Å². The maximum absolute atomic E-state index is 12.6. The van der Waals surface area contributed by atoms with E-state index in [0.717, 1.165) is 12.1 Å². The van der Waals surface area contributed by atoms with Gasteiger partial charge in [-0.25, -0.2) is 4.68 Å². The number of benzene rings is 2. The van der Waals surface area contributed by atoms with Crippen molar-refractivity contribution in [1.82, 2.24) is 9.78 Å². The lowest BCUT2D eigenvalue weighted by Gasteiger charge is -2.09. The van der Waals surface area contributed by atoms with Gasteiger partial charge >= 0.3 is 6.18 Å². The first-order chi connectivity index (χ1) is 12.3. The topological polar surface area (TPSA) is 46.9 Å². The second kappa shape index (κ2) is 6.84. The van der Waals surface area contributed by atoms with E-state index in [1.165, 1.54) is 18.3 Å². The fourth-order valence-corrected chi connectivity index (χ4v) is 2.63. The maximum atomic E-state index is 12.6. The van der Waals surface area contributed by atoms with Crippen molar-refractivity contribution in [1.29, 1.82) is 0 Å². The lowest BCUT2D eigenvalue weighted by atomic mass is 10.2. The van der Waals surface area contributed by atoms with Crippen LogP contribution in [0.1, 0.15) is 21.6 Å². The monoisotopic (exact) mass is 379 g/mol. The van der Waals surface area contributed by atoms with Gasteiger partial charge in [0.05, 0.1) is 28.7 Å². The van der Waals surface area contributed by atoms with Crippen LogP contribution >= 0.6 is 11.6 Å². The van der Waals surface area contributed by atoms with Crippen molar-refractivity contribution in [2.75, 3.05) is 5.32 Å². The van der Waals surface area contributed by atoms with E-state index in [1.807, 2.05) is 0 Å². The molecular formula is C18H13ClF3N3O. The summed E-state index contributed by atoms with van der Waals surface area (Å²) in [5, 5.41) is 7.29. The average Bonchev–Trinajstić information content (AvgIpc) is 2.96. The predicted octanol–water partition coefficient (Wildman–Crippen LogP) is 5.11. The van der Waals surface area contributed by atoms with Crippen molar-refractivity contribution in [3.05, 3.63) is 76.6 Å². The third-order valence-electron chi connectivity index (χ3n) is 3.78. The molecular weight excluding hydrogens is 367 g/mol. The minimum absolute atomic E-state index is 0.262. The fourth-order valence-electron chi connectivity index (χ4n) is 2.44. The van der Waals surface area contributed by atoms with E-state index in [2.05, 4.69) is 10.4 Å². The first-order valence-corrected chi connectivity index (χ1v) is 7.92. The van der Waals surface area contributed by atoms with E-state index in [9.17, 15) is 18.0 Å². The highest BCUT2D eigenvalue weighted by Crippen LogP contribution is 2.30. The van der Waals surface area contributed by atoms with Crippen molar-refractivity contribution in [2.24, 2.45) is 0 Å². The Morgan fingerprint density at radius 3 is 2.46 bits per heavy atom. The van der Waals surface area contributed by atoms with E-state index in [0.29, 0.717) is 22.0 Å². The number of amides is 1. The van der Waals surface area contributed by atoms with Crippen molar-refractivity contribution in [3.8, 4) is 5.69 Å². The van der Waals surface area contributed by atoms with E-state index >= 15 is 0 Å². The van der Waals surface area contributed by atoms with Crippen LogP contribution in [0.2, 0.25) is 5.02 Å². The molecule has 1 N–H and O–H groups in total. The Hall–Kier alpha value is -2.80. The second-order valence-electron chi connectivity index (χ2n) is 5.56. The van der Waals surface area contributed by atoms with Crippen molar-refractivity contribution in [2.45, 2.75) is 13.1 Å². The van der Waals surface area contributed by atoms with Gasteiger partial charge in [0.2, 0.25) is 0 Å². The van der Waals surface area contributed by atoms with E-state index in [1.54, 1.807) is 35.9 Å². The van der Waals surface area contributed by atoms with Crippen molar-refractivity contribution in [3.63, 3.8) is 0 Å². The molecule has 1 aromatic heterocycles. The first kappa shape index (κ1) is 18.0. The van der Waals surface area contributed by atoms with Gasteiger partial charge in [-0.1, -0.05) is 17.7 Å². The number of alkyl halides is 3. The molecule has 0 fully saturated rings. The summed E-state index contributed by atoms with van der Waals surface area (Å²) >= 11 is 5.97. The number of anilines is 1. The quantitative estimate of drug-likeness (QED) is 0.687. The number of aromatic nitrogens is 2. The smallest absolute Gasteiger partial charge is 0.322 e. The first-order valence-electron chi connectivity index (χ1n) is 7.55. The van der Waals surface area contributed by atoms with Gasteiger partial charge in [0.1, 0.15) is 0 Å². The zero-order chi connectivity index (χ0) is 18.9. The molecule has 0 spiro atoms. The molecule has 26 heavy (non-hydrogen) atoms. The number of rotatable bonds is 3. The number of halogens is 4. The summed E-state index contributed by atoms with van der Waals surface area (Å²) < 4.78 is 39.3. The van der Waals surface area contributed by atoms with Gasteiger partial charge in [0, 0.05) is 10.7 Å². The molecule has 0 radical (unpaired) electrons. The van der Waals surface area contributed by atoms with E-state index < -0.39 is 17.6 Å². The van der Waals surface area contributed by atoms with Gasteiger partial charge in [-0.3, -0.25) is 4.79 Å². The van der Waals surface area contributed by atoms with Crippen LogP contribution in [0.4, 0.5) is 18.9 Å². The number of hydrogen-bond donors (Lipinski definition) is 1.